The minimum atomic E-state index is -0.717. The summed E-state index contributed by atoms with van der Waals surface area (Å²) in [7, 11) is 0. The molecule has 1 aromatic heterocycles. The Morgan fingerprint density at radius 3 is 2.53 bits per heavy atom. The number of ether oxygens (including phenoxy) is 2. The predicted octanol–water partition coefficient (Wildman–Crippen LogP) is 5.40. The number of carbonyl (C=O) groups excluding carboxylic acids is 2. The van der Waals surface area contributed by atoms with Crippen LogP contribution in [0.5, 0.6) is 5.75 Å². The van der Waals surface area contributed by atoms with Gasteiger partial charge in [0.15, 0.2) is 0 Å². The molecule has 0 unspecified atom stereocenters. The second kappa shape index (κ2) is 9.91. The van der Waals surface area contributed by atoms with Gasteiger partial charge in [0.25, 0.3) is 5.91 Å². The van der Waals surface area contributed by atoms with Crippen molar-refractivity contribution in [1.29, 1.82) is 0 Å². The van der Waals surface area contributed by atoms with E-state index in [1.54, 1.807) is 57.4 Å². The first-order valence-corrected chi connectivity index (χ1v) is 9.92. The third kappa shape index (κ3) is 6.80. The maximum absolute atomic E-state index is 13.8. The molecule has 3 aromatic rings. The Bertz CT molecular complexity index is 1100. The molecule has 2 amide bonds. The molecule has 0 radical (unpaired) electrons. The molecule has 8 heteroatoms. The van der Waals surface area contributed by atoms with Gasteiger partial charge >= 0.3 is 6.09 Å². The lowest BCUT2D eigenvalue weighted by atomic mass is 10.2. The van der Waals surface area contributed by atoms with Gasteiger partial charge in [0, 0.05) is 23.5 Å². The lowest BCUT2D eigenvalue weighted by molar-refractivity contribution is 0.0635. The van der Waals surface area contributed by atoms with Crippen LogP contribution in [0.25, 0.3) is 0 Å². The standard InChI is InChI=1S/C24H24FN3O4/c1-24(2,3)32-23(30)28-20-10-9-18(25)13-21(20)27-22(29)17-7-4-8-19(12-17)31-15-16-6-5-11-26-14-16/h4-14H,15H2,1-3H3,(H,27,29)(H,28,30). The molecule has 32 heavy (non-hydrogen) atoms. The zero-order valence-corrected chi connectivity index (χ0v) is 18.0. The second-order valence-corrected chi connectivity index (χ2v) is 7.95. The number of hydrogen-bond donors (Lipinski definition) is 2. The summed E-state index contributed by atoms with van der Waals surface area (Å²) in [6, 6.07) is 13.9. The van der Waals surface area contributed by atoms with Crippen LogP contribution in [0.2, 0.25) is 0 Å². The Kier molecular flexibility index (Phi) is 7.04. The van der Waals surface area contributed by atoms with Gasteiger partial charge in [0.1, 0.15) is 23.8 Å². The van der Waals surface area contributed by atoms with E-state index in [1.807, 2.05) is 12.1 Å². The van der Waals surface area contributed by atoms with E-state index in [4.69, 9.17) is 9.47 Å². The molecule has 1 heterocycles. The summed E-state index contributed by atoms with van der Waals surface area (Å²) in [5, 5.41) is 5.15. The van der Waals surface area contributed by atoms with Crippen molar-refractivity contribution in [3.8, 4) is 5.75 Å². The van der Waals surface area contributed by atoms with Crippen LogP contribution < -0.4 is 15.4 Å². The Morgan fingerprint density at radius 2 is 1.81 bits per heavy atom. The number of pyridine rings is 1. The highest BCUT2D eigenvalue weighted by Gasteiger charge is 2.18. The van der Waals surface area contributed by atoms with Crippen LogP contribution in [0.4, 0.5) is 20.6 Å². The molecule has 3 rings (SSSR count). The summed E-state index contributed by atoms with van der Waals surface area (Å²) in [4.78, 5) is 28.9. The Balaban J connectivity index is 1.71. The van der Waals surface area contributed by atoms with Crippen molar-refractivity contribution in [3.63, 3.8) is 0 Å². The topological polar surface area (TPSA) is 89.6 Å². The van der Waals surface area contributed by atoms with Gasteiger partial charge in [-0.2, -0.15) is 0 Å². The molecule has 2 N–H and O–H groups in total. The van der Waals surface area contributed by atoms with Gasteiger partial charge in [-0.25, -0.2) is 9.18 Å². The molecule has 7 nitrogen and oxygen atoms in total. The smallest absolute Gasteiger partial charge is 0.412 e. The summed E-state index contributed by atoms with van der Waals surface area (Å²) in [5.41, 5.74) is 0.797. The lowest BCUT2D eigenvalue weighted by Crippen LogP contribution is -2.27. The minimum absolute atomic E-state index is 0.0996. The molecule has 0 saturated heterocycles. The number of hydrogen-bond acceptors (Lipinski definition) is 5. The largest absolute Gasteiger partial charge is 0.489 e. The van der Waals surface area contributed by atoms with Gasteiger partial charge in [0.05, 0.1) is 11.4 Å². The van der Waals surface area contributed by atoms with Gasteiger partial charge in [-0.15, -0.1) is 0 Å². The minimum Gasteiger partial charge on any atom is -0.489 e. The van der Waals surface area contributed by atoms with Gasteiger partial charge in [-0.05, 0) is 63.2 Å². The van der Waals surface area contributed by atoms with Crippen molar-refractivity contribution in [2.24, 2.45) is 0 Å². The first-order valence-electron chi connectivity index (χ1n) is 9.92. The van der Waals surface area contributed by atoms with Crippen LogP contribution in [0.15, 0.2) is 67.0 Å². The molecule has 0 atom stereocenters. The van der Waals surface area contributed by atoms with E-state index in [0.717, 1.165) is 11.6 Å². The number of aromatic nitrogens is 1. The van der Waals surface area contributed by atoms with Crippen LogP contribution in [0.1, 0.15) is 36.7 Å². The zero-order valence-electron chi connectivity index (χ0n) is 18.0. The number of anilines is 2. The summed E-state index contributed by atoms with van der Waals surface area (Å²) >= 11 is 0. The average molecular weight is 437 g/mol. The van der Waals surface area contributed by atoms with Crippen molar-refractivity contribution < 1.29 is 23.5 Å². The van der Waals surface area contributed by atoms with Crippen molar-refractivity contribution in [1.82, 2.24) is 4.98 Å². The molecule has 166 valence electrons. The first-order chi connectivity index (χ1) is 15.2. The average Bonchev–Trinajstić information content (AvgIpc) is 2.74. The molecule has 0 spiro atoms. The number of carbonyl (C=O) groups is 2. The van der Waals surface area contributed by atoms with Crippen LogP contribution in [0.3, 0.4) is 0 Å². The number of amides is 2. The monoisotopic (exact) mass is 437 g/mol. The molecule has 0 bridgehead atoms. The van der Waals surface area contributed by atoms with E-state index in [1.165, 1.54) is 12.1 Å². The SMILES string of the molecule is CC(C)(C)OC(=O)Nc1ccc(F)cc1NC(=O)c1cccc(OCc2cccnc2)c1. The quantitative estimate of drug-likeness (QED) is 0.539. The maximum Gasteiger partial charge on any atom is 0.412 e. The van der Waals surface area contributed by atoms with Crippen LogP contribution in [-0.4, -0.2) is 22.6 Å². The Labute approximate surface area is 185 Å². The summed E-state index contributed by atoms with van der Waals surface area (Å²) < 4.78 is 24.8. The fourth-order valence-electron chi connectivity index (χ4n) is 2.71. The third-order valence-electron chi connectivity index (χ3n) is 4.09. The summed E-state index contributed by atoms with van der Waals surface area (Å²) in [6.45, 7) is 5.47. The highest BCUT2D eigenvalue weighted by atomic mass is 19.1. The molecule has 0 fully saturated rings. The fourth-order valence-corrected chi connectivity index (χ4v) is 2.71. The fraction of sp³-hybridized carbons (Fsp3) is 0.208. The van der Waals surface area contributed by atoms with Crippen molar-refractivity contribution >= 4 is 23.4 Å². The molecule has 0 aliphatic rings. The normalized spacial score (nSPS) is 10.9. The predicted molar refractivity (Wildman–Crippen MR) is 119 cm³/mol. The number of nitrogens with one attached hydrogen (secondary N) is 2. The third-order valence-corrected chi connectivity index (χ3v) is 4.09. The van der Waals surface area contributed by atoms with Gasteiger partial charge in [-0.3, -0.25) is 15.1 Å². The summed E-state index contributed by atoms with van der Waals surface area (Å²) in [6.07, 6.45) is 2.65. The molecular formula is C24H24FN3O4. The van der Waals surface area contributed by atoms with E-state index in [9.17, 15) is 14.0 Å². The number of nitrogens with zero attached hydrogens (tertiary/aromatic N) is 1. The van der Waals surface area contributed by atoms with Crippen molar-refractivity contribution in [2.75, 3.05) is 10.6 Å². The van der Waals surface area contributed by atoms with Gasteiger partial charge < -0.3 is 14.8 Å². The van der Waals surface area contributed by atoms with Gasteiger partial charge in [0.2, 0.25) is 0 Å². The molecule has 0 aliphatic heterocycles. The molecule has 0 aliphatic carbocycles. The lowest BCUT2D eigenvalue weighted by Gasteiger charge is -2.20. The summed E-state index contributed by atoms with van der Waals surface area (Å²) in [5.74, 6) is -0.564. The van der Waals surface area contributed by atoms with Crippen molar-refractivity contribution in [3.05, 3.63) is 83.9 Å². The van der Waals surface area contributed by atoms with E-state index in [0.29, 0.717) is 17.9 Å². The van der Waals surface area contributed by atoms with Gasteiger partial charge in [-0.1, -0.05) is 12.1 Å². The molecule has 0 saturated carbocycles. The molecule has 2 aromatic carbocycles. The second-order valence-electron chi connectivity index (χ2n) is 7.95. The van der Waals surface area contributed by atoms with Crippen LogP contribution >= 0.6 is 0 Å². The highest BCUT2D eigenvalue weighted by Crippen LogP contribution is 2.25. The van der Waals surface area contributed by atoms with Crippen molar-refractivity contribution in [2.45, 2.75) is 33.0 Å². The number of benzene rings is 2. The van der Waals surface area contributed by atoms with E-state index < -0.39 is 23.4 Å². The Hall–Kier alpha value is -3.94. The molecular weight excluding hydrogens is 413 g/mol. The van der Waals surface area contributed by atoms with E-state index >= 15 is 0 Å². The Morgan fingerprint density at radius 1 is 1.00 bits per heavy atom. The van der Waals surface area contributed by atoms with Crippen LogP contribution in [-0.2, 0) is 11.3 Å². The maximum atomic E-state index is 13.8. The highest BCUT2D eigenvalue weighted by molar-refractivity contribution is 6.07. The van der Waals surface area contributed by atoms with E-state index in [-0.39, 0.29) is 11.4 Å². The van der Waals surface area contributed by atoms with E-state index in [2.05, 4.69) is 15.6 Å². The number of halogens is 1. The first kappa shape index (κ1) is 22.7. The zero-order chi connectivity index (χ0) is 23.1. The van der Waals surface area contributed by atoms with Crippen LogP contribution in [0, 0.1) is 5.82 Å². The number of rotatable bonds is 6.